The Balaban J connectivity index is 3.87. The molecule has 9 heteroatoms. The molecule has 0 saturated carbocycles. The van der Waals surface area contributed by atoms with Crippen molar-refractivity contribution in [1.29, 1.82) is 0 Å². The highest BCUT2D eigenvalue weighted by Crippen LogP contribution is 2.36. The second-order valence-electron chi connectivity index (χ2n) is 15.1. The lowest BCUT2D eigenvalue weighted by atomic mass is 9.99. The average molecular weight is 719 g/mol. The third-order valence-corrected chi connectivity index (χ3v) is 10.1. The van der Waals surface area contributed by atoms with Gasteiger partial charge in [0.1, 0.15) is 6.61 Å². The minimum atomic E-state index is -4.74. The molecule has 0 fully saturated rings. The molecular formula is C40H79O8P. The summed E-state index contributed by atoms with van der Waals surface area (Å²) in [5.74, 6) is 0.809. The first-order valence-electron chi connectivity index (χ1n) is 20.6. The van der Waals surface area contributed by atoms with Crippen LogP contribution in [-0.2, 0) is 28.2 Å². The van der Waals surface area contributed by atoms with Crippen molar-refractivity contribution in [2.75, 3.05) is 13.2 Å². The van der Waals surface area contributed by atoms with Crippen LogP contribution in [0.4, 0.5) is 0 Å². The quantitative estimate of drug-likeness (QED) is 0.0370. The molecule has 0 aliphatic heterocycles. The fraction of sp³-hybridized carbons (Fsp3) is 0.950. The van der Waals surface area contributed by atoms with Gasteiger partial charge in [-0.05, 0) is 24.7 Å². The van der Waals surface area contributed by atoms with Gasteiger partial charge in [-0.1, -0.05) is 188 Å². The largest absolute Gasteiger partial charge is 0.469 e. The standard InChI is InChI=1S/C40H79O8P/c1-5-37(4)31-27-23-19-15-10-8-6-7-9-11-16-20-24-28-32-39(41)46-34-38(35-47-49(43,44)45)48-40(42)33-29-25-21-17-13-12-14-18-22-26-30-36(2)3/h36-38H,5-35H2,1-4H3,(H2,43,44,45)/t37?,38-/m1/s1. The van der Waals surface area contributed by atoms with Gasteiger partial charge in [-0.3, -0.25) is 14.1 Å². The number of rotatable bonds is 37. The van der Waals surface area contributed by atoms with Gasteiger partial charge in [0, 0.05) is 12.8 Å². The lowest BCUT2D eigenvalue weighted by molar-refractivity contribution is -0.161. The van der Waals surface area contributed by atoms with Gasteiger partial charge >= 0.3 is 19.8 Å². The second kappa shape index (κ2) is 34.2. The van der Waals surface area contributed by atoms with Crippen LogP contribution in [0, 0.1) is 11.8 Å². The molecule has 0 radical (unpaired) electrons. The van der Waals surface area contributed by atoms with E-state index in [1.54, 1.807) is 0 Å². The maximum Gasteiger partial charge on any atom is 0.469 e. The molecule has 292 valence electrons. The van der Waals surface area contributed by atoms with Crippen LogP contribution in [0.15, 0.2) is 0 Å². The van der Waals surface area contributed by atoms with Crippen molar-refractivity contribution in [3.8, 4) is 0 Å². The number of hydrogen-bond acceptors (Lipinski definition) is 6. The summed E-state index contributed by atoms with van der Waals surface area (Å²) in [5.41, 5.74) is 0. The molecule has 0 bridgehead atoms. The van der Waals surface area contributed by atoms with Crippen LogP contribution < -0.4 is 0 Å². The molecule has 0 aliphatic carbocycles. The van der Waals surface area contributed by atoms with E-state index in [-0.39, 0.29) is 19.4 Å². The van der Waals surface area contributed by atoms with E-state index in [0.29, 0.717) is 6.42 Å². The van der Waals surface area contributed by atoms with Gasteiger partial charge in [-0.25, -0.2) is 4.57 Å². The highest BCUT2D eigenvalue weighted by molar-refractivity contribution is 7.46. The summed E-state index contributed by atoms with van der Waals surface area (Å²) in [6, 6.07) is 0. The van der Waals surface area contributed by atoms with E-state index < -0.39 is 32.5 Å². The van der Waals surface area contributed by atoms with Crippen molar-refractivity contribution >= 4 is 19.8 Å². The highest BCUT2D eigenvalue weighted by Gasteiger charge is 2.23. The summed E-state index contributed by atoms with van der Waals surface area (Å²) in [6.45, 7) is 8.39. The van der Waals surface area contributed by atoms with E-state index in [0.717, 1.165) is 50.4 Å². The number of phosphoric acid groups is 1. The number of carbonyl (C=O) groups is 2. The summed E-state index contributed by atoms with van der Waals surface area (Å²) in [7, 11) is -4.74. The average Bonchev–Trinajstić information content (AvgIpc) is 3.05. The summed E-state index contributed by atoms with van der Waals surface area (Å²) in [6.07, 6.45) is 32.5. The lowest BCUT2D eigenvalue weighted by Gasteiger charge is -2.18. The molecule has 0 saturated heterocycles. The fourth-order valence-electron chi connectivity index (χ4n) is 6.12. The molecule has 49 heavy (non-hydrogen) atoms. The molecule has 0 aromatic heterocycles. The van der Waals surface area contributed by atoms with Gasteiger partial charge in [0.25, 0.3) is 0 Å². The van der Waals surface area contributed by atoms with E-state index in [1.807, 2.05) is 0 Å². The Morgan fingerprint density at radius 2 is 0.898 bits per heavy atom. The third kappa shape index (κ3) is 38.1. The van der Waals surface area contributed by atoms with Gasteiger partial charge in [-0.2, -0.15) is 0 Å². The zero-order valence-electron chi connectivity index (χ0n) is 32.4. The Bertz CT molecular complexity index is 799. The summed E-state index contributed by atoms with van der Waals surface area (Å²) in [4.78, 5) is 42.8. The van der Waals surface area contributed by atoms with Crippen LogP contribution in [0.3, 0.4) is 0 Å². The SMILES string of the molecule is CCC(C)CCCCCCCCCCCCCCCCC(=O)OC[C@H](COP(=O)(O)O)OC(=O)CCCCCCCCCCCCC(C)C. The maximum atomic E-state index is 12.4. The van der Waals surface area contributed by atoms with Crippen molar-refractivity contribution < 1.29 is 37.9 Å². The van der Waals surface area contributed by atoms with Crippen LogP contribution in [0.1, 0.15) is 214 Å². The van der Waals surface area contributed by atoms with Crippen molar-refractivity contribution in [3.05, 3.63) is 0 Å². The number of ether oxygens (including phenoxy) is 2. The predicted molar refractivity (Wildman–Crippen MR) is 202 cm³/mol. The number of carbonyl (C=O) groups excluding carboxylic acids is 2. The molecule has 0 heterocycles. The second-order valence-corrected chi connectivity index (χ2v) is 16.3. The van der Waals surface area contributed by atoms with Crippen LogP contribution in [0.2, 0.25) is 0 Å². The van der Waals surface area contributed by atoms with Crippen LogP contribution in [0.5, 0.6) is 0 Å². The minimum absolute atomic E-state index is 0.217. The first-order chi connectivity index (χ1) is 23.5. The number of phosphoric ester groups is 1. The molecule has 1 unspecified atom stereocenters. The van der Waals surface area contributed by atoms with Crippen LogP contribution >= 0.6 is 7.82 Å². The monoisotopic (exact) mass is 719 g/mol. The molecular weight excluding hydrogens is 639 g/mol. The van der Waals surface area contributed by atoms with Crippen molar-refractivity contribution in [2.45, 2.75) is 220 Å². The van der Waals surface area contributed by atoms with Crippen molar-refractivity contribution in [1.82, 2.24) is 0 Å². The van der Waals surface area contributed by atoms with E-state index in [1.165, 1.54) is 128 Å². The Morgan fingerprint density at radius 1 is 0.531 bits per heavy atom. The third-order valence-electron chi connectivity index (χ3n) is 9.59. The van der Waals surface area contributed by atoms with Gasteiger partial charge in [-0.15, -0.1) is 0 Å². The molecule has 0 aromatic carbocycles. The van der Waals surface area contributed by atoms with E-state index >= 15 is 0 Å². The molecule has 0 aliphatic rings. The van der Waals surface area contributed by atoms with E-state index in [2.05, 4.69) is 32.2 Å². The fourth-order valence-corrected chi connectivity index (χ4v) is 6.48. The van der Waals surface area contributed by atoms with E-state index in [4.69, 9.17) is 19.3 Å². The maximum absolute atomic E-state index is 12.4. The van der Waals surface area contributed by atoms with Gasteiger partial charge in [0.05, 0.1) is 6.61 Å². The smallest absolute Gasteiger partial charge is 0.462 e. The lowest BCUT2D eigenvalue weighted by Crippen LogP contribution is -2.29. The summed E-state index contributed by atoms with van der Waals surface area (Å²) < 4.78 is 26.4. The number of hydrogen-bond donors (Lipinski definition) is 2. The Hall–Kier alpha value is -0.950. The van der Waals surface area contributed by atoms with Crippen molar-refractivity contribution in [3.63, 3.8) is 0 Å². The zero-order chi connectivity index (χ0) is 36.4. The normalized spacial score (nSPS) is 13.1. The molecule has 0 spiro atoms. The highest BCUT2D eigenvalue weighted by atomic mass is 31.2. The molecule has 0 aromatic rings. The molecule has 2 N–H and O–H groups in total. The van der Waals surface area contributed by atoms with Crippen molar-refractivity contribution in [2.24, 2.45) is 11.8 Å². The van der Waals surface area contributed by atoms with Gasteiger partial charge < -0.3 is 19.3 Å². The van der Waals surface area contributed by atoms with Gasteiger partial charge in [0.15, 0.2) is 6.10 Å². The topological polar surface area (TPSA) is 119 Å². The molecule has 8 nitrogen and oxygen atoms in total. The Morgan fingerprint density at radius 3 is 1.29 bits per heavy atom. The Kier molecular flexibility index (Phi) is 33.5. The first-order valence-corrected chi connectivity index (χ1v) is 22.1. The number of esters is 2. The zero-order valence-corrected chi connectivity index (χ0v) is 33.3. The number of unbranched alkanes of at least 4 members (excludes halogenated alkanes) is 22. The summed E-state index contributed by atoms with van der Waals surface area (Å²) >= 11 is 0. The Labute approximate surface area is 302 Å². The predicted octanol–water partition coefficient (Wildman–Crippen LogP) is 12.2. The summed E-state index contributed by atoms with van der Waals surface area (Å²) in [5, 5.41) is 0. The van der Waals surface area contributed by atoms with Crippen LogP contribution in [-0.4, -0.2) is 41.0 Å². The van der Waals surface area contributed by atoms with Crippen LogP contribution in [0.25, 0.3) is 0 Å². The van der Waals surface area contributed by atoms with E-state index in [9.17, 15) is 14.2 Å². The molecule has 2 atom stereocenters. The minimum Gasteiger partial charge on any atom is -0.462 e. The first kappa shape index (κ1) is 48.0. The van der Waals surface area contributed by atoms with Gasteiger partial charge in [0.2, 0.25) is 0 Å². The molecule has 0 rings (SSSR count). The molecule has 0 amide bonds.